The number of carboxylic acids is 1. The second-order valence-electron chi connectivity index (χ2n) is 5.59. The van der Waals surface area contributed by atoms with E-state index in [1.54, 1.807) is 12.1 Å². The summed E-state index contributed by atoms with van der Waals surface area (Å²) < 4.78 is 38.0. The molecule has 0 unspecified atom stereocenters. The van der Waals surface area contributed by atoms with Crippen LogP contribution in [0.1, 0.15) is 35.2 Å². The van der Waals surface area contributed by atoms with Gasteiger partial charge >= 0.3 is 12.1 Å². The molecule has 0 heterocycles. The van der Waals surface area contributed by atoms with Gasteiger partial charge in [-0.2, -0.15) is 13.2 Å². The molecule has 0 amide bonds. The lowest BCUT2D eigenvalue weighted by atomic mass is 9.85. The van der Waals surface area contributed by atoms with Gasteiger partial charge in [-0.25, -0.2) is 4.79 Å². The van der Waals surface area contributed by atoms with Crippen molar-refractivity contribution in [3.05, 3.63) is 35.4 Å². The predicted molar refractivity (Wildman–Crippen MR) is 72.1 cm³/mol. The van der Waals surface area contributed by atoms with E-state index in [0.717, 1.165) is 19.3 Å². The first kappa shape index (κ1) is 15.8. The van der Waals surface area contributed by atoms with Crippen LogP contribution >= 0.6 is 0 Å². The third kappa shape index (κ3) is 5.04. The van der Waals surface area contributed by atoms with Crippen LogP contribution in [0.15, 0.2) is 24.3 Å². The first-order valence-corrected chi connectivity index (χ1v) is 6.95. The molecular formula is C15H18F3NO2. The fourth-order valence-electron chi connectivity index (χ4n) is 2.54. The summed E-state index contributed by atoms with van der Waals surface area (Å²) in [7, 11) is 0. The van der Waals surface area contributed by atoms with Gasteiger partial charge in [-0.05, 0) is 36.5 Å². The largest absolute Gasteiger partial charge is 0.478 e. The van der Waals surface area contributed by atoms with Crippen molar-refractivity contribution in [1.82, 2.24) is 4.90 Å². The average Bonchev–Trinajstić information content (AvgIpc) is 2.32. The Bertz CT molecular complexity index is 498. The van der Waals surface area contributed by atoms with Gasteiger partial charge in [-0.3, -0.25) is 4.90 Å². The summed E-state index contributed by atoms with van der Waals surface area (Å²) in [5.74, 6) is -0.742. The van der Waals surface area contributed by atoms with Gasteiger partial charge < -0.3 is 5.11 Å². The SMILES string of the molecule is O=C(O)c1cccc(CN(CC2CCC2)CC(F)(F)F)c1. The second kappa shape index (κ2) is 6.47. The van der Waals surface area contributed by atoms with Crippen LogP contribution in [-0.4, -0.2) is 35.2 Å². The Morgan fingerprint density at radius 3 is 2.57 bits per heavy atom. The topological polar surface area (TPSA) is 40.5 Å². The minimum atomic E-state index is -4.24. The van der Waals surface area contributed by atoms with Crippen LogP contribution in [0.3, 0.4) is 0 Å². The number of rotatable bonds is 6. The van der Waals surface area contributed by atoms with E-state index in [1.165, 1.54) is 17.0 Å². The molecular weight excluding hydrogens is 283 g/mol. The lowest BCUT2D eigenvalue weighted by Crippen LogP contribution is -2.38. The molecule has 1 aromatic rings. The first-order chi connectivity index (χ1) is 9.83. The smallest absolute Gasteiger partial charge is 0.401 e. The molecule has 21 heavy (non-hydrogen) atoms. The zero-order valence-corrected chi connectivity index (χ0v) is 11.6. The first-order valence-electron chi connectivity index (χ1n) is 6.95. The summed E-state index contributed by atoms with van der Waals surface area (Å²) in [6, 6.07) is 6.10. The zero-order chi connectivity index (χ0) is 15.5. The average molecular weight is 301 g/mol. The molecule has 0 saturated heterocycles. The standard InChI is InChI=1S/C15H18F3NO2/c16-15(17,18)10-19(8-11-3-1-4-11)9-12-5-2-6-13(7-12)14(20)21/h2,5-7,11H,1,3-4,8-10H2,(H,20,21). The Morgan fingerprint density at radius 1 is 1.33 bits per heavy atom. The van der Waals surface area contributed by atoms with Crippen LogP contribution in [0.25, 0.3) is 0 Å². The summed E-state index contributed by atoms with van der Waals surface area (Å²) >= 11 is 0. The maximum Gasteiger partial charge on any atom is 0.401 e. The normalized spacial score (nSPS) is 16.0. The molecule has 0 spiro atoms. The molecule has 1 saturated carbocycles. The number of halogens is 3. The van der Waals surface area contributed by atoms with Crippen molar-refractivity contribution in [3.63, 3.8) is 0 Å². The van der Waals surface area contributed by atoms with Crippen molar-refractivity contribution in [2.75, 3.05) is 13.1 Å². The molecule has 2 rings (SSSR count). The highest BCUT2D eigenvalue weighted by molar-refractivity contribution is 5.87. The Hall–Kier alpha value is -1.56. The highest BCUT2D eigenvalue weighted by atomic mass is 19.4. The number of carboxylic acid groups (broad SMARTS) is 1. The van der Waals surface area contributed by atoms with Gasteiger partial charge in [-0.1, -0.05) is 18.6 Å². The number of alkyl halides is 3. The number of benzene rings is 1. The van der Waals surface area contributed by atoms with Crippen molar-refractivity contribution in [2.45, 2.75) is 32.0 Å². The Balaban J connectivity index is 2.05. The van der Waals surface area contributed by atoms with Crippen molar-refractivity contribution in [2.24, 2.45) is 5.92 Å². The second-order valence-corrected chi connectivity index (χ2v) is 5.59. The number of carbonyl (C=O) groups is 1. The molecule has 1 aliphatic rings. The molecule has 6 heteroatoms. The number of hydrogen-bond acceptors (Lipinski definition) is 2. The lowest BCUT2D eigenvalue weighted by Gasteiger charge is -2.32. The molecule has 0 aromatic heterocycles. The van der Waals surface area contributed by atoms with Gasteiger partial charge in [0, 0.05) is 13.1 Å². The van der Waals surface area contributed by atoms with Gasteiger partial charge in [0.1, 0.15) is 0 Å². The summed E-state index contributed by atoms with van der Waals surface area (Å²) in [5, 5.41) is 8.93. The quantitative estimate of drug-likeness (QED) is 0.873. The van der Waals surface area contributed by atoms with E-state index in [1.807, 2.05) is 0 Å². The molecule has 1 aliphatic carbocycles. The molecule has 0 bridgehead atoms. The van der Waals surface area contributed by atoms with Gasteiger partial charge in [0.2, 0.25) is 0 Å². The summed E-state index contributed by atoms with van der Waals surface area (Å²) in [6.45, 7) is -0.422. The van der Waals surface area contributed by atoms with Gasteiger partial charge in [0.15, 0.2) is 0 Å². The molecule has 1 fully saturated rings. The lowest BCUT2D eigenvalue weighted by molar-refractivity contribution is -0.149. The fourth-order valence-corrected chi connectivity index (χ4v) is 2.54. The van der Waals surface area contributed by atoms with E-state index in [4.69, 9.17) is 5.11 Å². The number of aromatic carboxylic acids is 1. The highest BCUT2D eigenvalue weighted by Crippen LogP contribution is 2.29. The van der Waals surface area contributed by atoms with Crippen molar-refractivity contribution in [1.29, 1.82) is 0 Å². The summed E-state index contributed by atoms with van der Waals surface area (Å²) in [6.07, 6.45) is -1.21. The Labute approximate surface area is 121 Å². The van der Waals surface area contributed by atoms with Crippen molar-refractivity contribution >= 4 is 5.97 Å². The molecule has 116 valence electrons. The third-order valence-electron chi connectivity index (χ3n) is 3.72. The number of hydrogen-bond donors (Lipinski definition) is 1. The zero-order valence-electron chi connectivity index (χ0n) is 11.6. The van der Waals surface area contributed by atoms with Crippen molar-refractivity contribution in [3.8, 4) is 0 Å². The summed E-state index contributed by atoms with van der Waals surface area (Å²) in [5.41, 5.74) is 0.696. The van der Waals surface area contributed by atoms with Crippen LogP contribution in [0.2, 0.25) is 0 Å². The molecule has 1 N–H and O–H groups in total. The van der Waals surface area contributed by atoms with Gasteiger partial charge in [0.25, 0.3) is 0 Å². The van der Waals surface area contributed by atoms with Crippen LogP contribution in [0, 0.1) is 5.92 Å². The molecule has 3 nitrogen and oxygen atoms in total. The minimum Gasteiger partial charge on any atom is -0.478 e. The van der Waals surface area contributed by atoms with E-state index >= 15 is 0 Å². The van der Waals surface area contributed by atoms with E-state index < -0.39 is 18.7 Å². The van der Waals surface area contributed by atoms with E-state index in [0.29, 0.717) is 18.0 Å². The maximum atomic E-state index is 12.7. The summed E-state index contributed by atoms with van der Waals surface area (Å²) in [4.78, 5) is 12.3. The van der Waals surface area contributed by atoms with E-state index in [2.05, 4.69) is 0 Å². The van der Waals surface area contributed by atoms with Crippen LogP contribution in [-0.2, 0) is 6.54 Å². The highest BCUT2D eigenvalue weighted by Gasteiger charge is 2.32. The molecule has 0 aliphatic heterocycles. The fraction of sp³-hybridized carbons (Fsp3) is 0.533. The van der Waals surface area contributed by atoms with Crippen molar-refractivity contribution < 1.29 is 23.1 Å². The Morgan fingerprint density at radius 2 is 2.05 bits per heavy atom. The maximum absolute atomic E-state index is 12.7. The van der Waals surface area contributed by atoms with Crippen LogP contribution in [0.5, 0.6) is 0 Å². The molecule has 1 aromatic carbocycles. The van der Waals surface area contributed by atoms with Gasteiger partial charge in [0.05, 0.1) is 12.1 Å². The predicted octanol–water partition coefficient (Wildman–Crippen LogP) is 3.55. The monoisotopic (exact) mass is 301 g/mol. The molecule has 0 atom stereocenters. The van der Waals surface area contributed by atoms with Crippen LogP contribution in [0.4, 0.5) is 13.2 Å². The third-order valence-corrected chi connectivity index (χ3v) is 3.72. The van der Waals surface area contributed by atoms with E-state index in [9.17, 15) is 18.0 Å². The molecule has 0 radical (unpaired) electrons. The number of nitrogens with zero attached hydrogens (tertiary/aromatic N) is 1. The van der Waals surface area contributed by atoms with Crippen LogP contribution < -0.4 is 0 Å². The van der Waals surface area contributed by atoms with E-state index in [-0.39, 0.29) is 12.1 Å². The Kier molecular flexibility index (Phi) is 4.88. The minimum absolute atomic E-state index is 0.100. The van der Waals surface area contributed by atoms with Gasteiger partial charge in [-0.15, -0.1) is 0 Å².